The van der Waals surface area contributed by atoms with Gasteiger partial charge in [-0.05, 0) is 96.2 Å². The van der Waals surface area contributed by atoms with Crippen LogP contribution < -0.4 is 57.2 Å². The van der Waals surface area contributed by atoms with E-state index in [1.54, 1.807) is 0 Å². The molecule has 6 aliphatic heterocycles. The number of carbonyl (C=O) groups excluding carboxylic acids is 6. The summed E-state index contributed by atoms with van der Waals surface area (Å²) in [5.74, 6) is -12.8. The molecule has 6 heterocycles. The minimum Gasteiger partial charge on any atom is -0.508 e. The first kappa shape index (κ1) is 65.8. The first-order valence-corrected chi connectivity index (χ1v) is 28.7. The molecule has 31 heteroatoms. The number of carbonyl (C=O) groups is 7. The van der Waals surface area contributed by atoms with Crippen LogP contribution in [0.15, 0.2) is 78.9 Å². The maximum Gasteiger partial charge on any atom is 0.330 e. The van der Waals surface area contributed by atoms with Crippen LogP contribution in [0.25, 0.3) is 11.1 Å². The van der Waals surface area contributed by atoms with E-state index in [-0.39, 0.29) is 61.7 Å². The number of aliphatic hydroxyl groups excluding tert-OH is 6. The standard InChI is InChI=1S/C59H64Cl2N8O21/c1-21(2)10-31(63-3)53(80)68-45-47(75)23-5-8-36(29(60)12-23)87-38-14-25-15-39(52(38)90-59-51(79)50(78)49(77)40(20-70)89-59)88-37-9-6-24(13-30(37)61)48(76)46-57(84)67-44(58(85)86)28-16-26(71)17-35(73)42(28)27-11-22(4-7-34(27)72)43(55(82)69-46)64-19-33(25)66-54(81)32(18-41(62)74)65-56(45)83/h4-9,11-17,21,31-33,40,43-51,59,63-64,70-73,75-79H,10,18-20H2,1-3H3,(H2,62,74)(H,65,83)(H,66,81)(H,67,84)(H,68,80)(H,69,82)(H,85,86)/t31-,32+,33+,40?,43-,44+,45-,46+,47-,48-,49?,50+,51-,59+/m1/s1. The molecule has 14 atom stereocenters. The second kappa shape index (κ2) is 27.3. The van der Waals surface area contributed by atoms with Crippen molar-refractivity contribution >= 4 is 64.6 Å². The largest absolute Gasteiger partial charge is 0.508 e. The third-order valence-corrected chi connectivity index (χ3v) is 16.1. The normalized spacial score (nSPS) is 26.5. The van der Waals surface area contributed by atoms with Crippen LogP contribution in [0.1, 0.15) is 84.8 Å². The van der Waals surface area contributed by atoms with Gasteiger partial charge in [0.15, 0.2) is 17.5 Å². The van der Waals surface area contributed by atoms with E-state index < -0.39 is 192 Å². The SMILES string of the molecule is CN[C@H](CC(C)C)C(=O)N[C@H]1C(=O)N[C@@H](CC(N)=O)C(=O)N[C@H]2CN[C@H]3C(=O)N[C@H](C(=O)N[C@H](C(=O)O)c4cc(O)cc(O)c4-c4cc3ccc4O)[C@H](O)c3ccc(c(Cl)c3)Oc3cc2cc(c3O[C@@H]2OC(CO)C(O)[C@H](O)[C@H]2O)Oc2ccc(cc2Cl)[C@H]1O. The predicted octanol–water partition coefficient (Wildman–Crippen LogP) is 0.342. The summed E-state index contributed by atoms with van der Waals surface area (Å²) in [6, 6.07) is 2.15. The van der Waals surface area contributed by atoms with Crippen LogP contribution in [0.2, 0.25) is 10.0 Å². The highest BCUT2D eigenvalue weighted by molar-refractivity contribution is 6.32. The van der Waals surface area contributed by atoms with E-state index >= 15 is 9.59 Å². The van der Waals surface area contributed by atoms with E-state index in [0.717, 1.165) is 30.3 Å². The highest BCUT2D eigenvalue weighted by Crippen LogP contribution is 2.49. The molecule has 6 amide bonds. The van der Waals surface area contributed by atoms with E-state index in [9.17, 15) is 75.0 Å². The lowest BCUT2D eigenvalue weighted by Crippen LogP contribution is -2.60. The van der Waals surface area contributed by atoms with Crippen molar-refractivity contribution in [2.75, 3.05) is 20.2 Å². The van der Waals surface area contributed by atoms with E-state index in [4.69, 9.17) is 47.9 Å². The first-order valence-electron chi connectivity index (χ1n) is 27.9. The van der Waals surface area contributed by atoms with Crippen molar-refractivity contribution < 1.29 is 104 Å². The molecular weight excluding hydrogens is 1230 g/mol. The highest BCUT2D eigenvalue weighted by atomic mass is 35.5. The zero-order valence-electron chi connectivity index (χ0n) is 47.8. The molecule has 1 fully saturated rings. The zero-order chi connectivity index (χ0) is 65.3. The number of hydrogen-bond acceptors (Lipinski definition) is 22. The van der Waals surface area contributed by atoms with Gasteiger partial charge < -0.3 is 108 Å². The average molecular weight is 1290 g/mol. The number of aromatic hydroxyl groups is 3. The number of rotatable bonds is 11. The van der Waals surface area contributed by atoms with Gasteiger partial charge in [0.05, 0.1) is 35.2 Å². The Hall–Kier alpha value is -8.59. The van der Waals surface area contributed by atoms with Crippen molar-refractivity contribution in [2.24, 2.45) is 11.7 Å². The monoisotopic (exact) mass is 1290 g/mol. The van der Waals surface area contributed by atoms with E-state index in [0.29, 0.717) is 0 Å². The number of phenolic OH excluding ortho intramolecular Hbond substituents is 3. The Morgan fingerprint density at radius 3 is 1.93 bits per heavy atom. The quantitative estimate of drug-likeness (QED) is 0.0848. The van der Waals surface area contributed by atoms with Crippen molar-refractivity contribution in [1.82, 2.24) is 37.2 Å². The summed E-state index contributed by atoms with van der Waals surface area (Å²) in [4.78, 5) is 99.7. The highest BCUT2D eigenvalue weighted by Gasteiger charge is 2.46. The van der Waals surface area contributed by atoms with E-state index in [1.807, 2.05) is 13.8 Å². The van der Waals surface area contributed by atoms with Gasteiger partial charge in [-0.2, -0.15) is 0 Å². The van der Waals surface area contributed by atoms with Crippen LogP contribution >= 0.6 is 23.2 Å². The van der Waals surface area contributed by atoms with Crippen LogP contribution in [0.5, 0.6) is 46.0 Å². The number of carboxylic acids is 1. The summed E-state index contributed by atoms with van der Waals surface area (Å²) in [7, 11) is 1.50. The Morgan fingerprint density at radius 1 is 0.711 bits per heavy atom. The predicted molar refractivity (Wildman–Crippen MR) is 313 cm³/mol. The number of fused-ring (bicyclic) bond motifs is 15. The number of primary amides is 1. The van der Waals surface area contributed by atoms with Crippen molar-refractivity contribution in [1.29, 1.82) is 0 Å². The molecule has 11 bridgehead atoms. The average Bonchev–Trinajstić information content (AvgIpc) is 0.799. The molecule has 29 nitrogen and oxygen atoms in total. The molecule has 6 aliphatic rings. The molecule has 1 saturated heterocycles. The van der Waals surface area contributed by atoms with Gasteiger partial charge in [0.1, 0.15) is 89.5 Å². The van der Waals surface area contributed by atoms with Gasteiger partial charge in [-0.25, -0.2) is 4.79 Å². The number of likely N-dealkylation sites (N-methyl/N-ethyl adjacent to an activating group) is 1. The van der Waals surface area contributed by atoms with Gasteiger partial charge in [0, 0.05) is 29.3 Å². The Balaban J connectivity index is 1.30. The number of hydrogen-bond donors (Lipinski definition) is 18. The molecule has 11 rings (SSSR count). The molecular formula is C59H64Cl2N8O21. The van der Waals surface area contributed by atoms with Crippen molar-refractivity contribution in [2.45, 2.75) is 112 Å². The van der Waals surface area contributed by atoms with Gasteiger partial charge in [-0.3, -0.25) is 34.1 Å². The van der Waals surface area contributed by atoms with Gasteiger partial charge in [-0.1, -0.05) is 55.2 Å². The Kier molecular flexibility index (Phi) is 19.9. The third-order valence-electron chi connectivity index (χ3n) is 15.5. The summed E-state index contributed by atoms with van der Waals surface area (Å²) in [5, 5.41) is 129. The second-order valence-electron chi connectivity index (χ2n) is 22.2. The number of carboxylic acid groups (broad SMARTS) is 1. The fourth-order valence-electron chi connectivity index (χ4n) is 10.8. The van der Waals surface area contributed by atoms with Crippen molar-refractivity contribution in [3.05, 3.63) is 117 Å². The van der Waals surface area contributed by atoms with Crippen LogP contribution in [0.3, 0.4) is 0 Å². The summed E-state index contributed by atoms with van der Waals surface area (Å²) in [6.07, 6.45) is -14.3. The maximum atomic E-state index is 15.2. The Morgan fingerprint density at radius 2 is 1.34 bits per heavy atom. The van der Waals surface area contributed by atoms with Crippen LogP contribution in [-0.2, 0) is 38.3 Å². The lowest BCUT2D eigenvalue weighted by molar-refractivity contribution is -0.277. The number of nitrogens with two attached hydrogens (primary N) is 1. The zero-order valence-corrected chi connectivity index (χ0v) is 49.3. The van der Waals surface area contributed by atoms with Crippen LogP contribution in [-0.4, -0.2) is 168 Å². The molecule has 5 aromatic rings. The topological polar surface area (TPSA) is 469 Å². The molecule has 0 radical (unpaired) electrons. The molecule has 480 valence electrons. The van der Waals surface area contributed by atoms with Crippen LogP contribution in [0.4, 0.5) is 0 Å². The van der Waals surface area contributed by atoms with Crippen molar-refractivity contribution in [3.63, 3.8) is 0 Å². The fraction of sp³-hybridized carbons (Fsp3) is 0.373. The number of aliphatic hydroxyl groups is 6. The van der Waals surface area contributed by atoms with Crippen molar-refractivity contribution in [3.8, 4) is 57.1 Å². The fourth-order valence-corrected chi connectivity index (χ4v) is 11.3. The molecule has 90 heavy (non-hydrogen) atoms. The van der Waals surface area contributed by atoms with Gasteiger partial charge >= 0.3 is 5.97 Å². The Labute approximate surface area is 521 Å². The number of phenols is 3. The van der Waals surface area contributed by atoms with Crippen LogP contribution in [0, 0.1) is 5.92 Å². The van der Waals surface area contributed by atoms with Gasteiger partial charge in [-0.15, -0.1) is 0 Å². The lowest BCUT2D eigenvalue weighted by atomic mass is 9.89. The maximum absolute atomic E-state index is 15.2. The van der Waals surface area contributed by atoms with Gasteiger partial charge in [0.25, 0.3) is 0 Å². The number of halogens is 2. The second-order valence-corrected chi connectivity index (χ2v) is 23.0. The van der Waals surface area contributed by atoms with E-state index in [2.05, 4.69) is 37.2 Å². The molecule has 0 spiro atoms. The molecule has 2 unspecified atom stereocenters. The number of amides is 6. The number of benzene rings is 5. The molecule has 0 aliphatic carbocycles. The minimum absolute atomic E-state index is 0.0526. The number of aliphatic carboxylic acids is 1. The Bertz CT molecular complexity index is 3640. The summed E-state index contributed by atoms with van der Waals surface area (Å²) in [6.45, 7) is 2.08. The lowest BCUT2D eigenvalue weighted by Gasteiger charge is -2.39. The number of nitrogens with one attached hydrogen (secondary N) is 7. The number of ether oxygens (including phenoxy) is 4. The summed E-state index contributed by atoms with van der Waals surface area (Å²) < 4.78 is 25.1. The smallest absolute Gasteiger partial charge is 0.330 e. The van der Waals surface area contributed by atoms with E-state index in [1.165, 1.54) is 55.6 Å². The summed E-state index contributed by atoms with van der Waals surface area (Å²) >= 11 is 13.9. The molecule has 0 aromatic heterocycles. The molecule has 0 saturated carbocycles. The third kappa shape index (κ3) is 13.9. The van der Waals surface area contributed by atoms with Gasteiger partial charge in [0.2, 0.25) is 47.5 Å². The minimum atomic E-state index is -2.17. The molecule has 19 N–H and O–H groups in total. The first-order chi connectivity index (χ1) is 42.7. The summed E-state index contributed by atoms with van der Waals surface area (Å²) in [5.41, 5.74) is 3.90. The molecule has 5 aromatic carbocycles.